The Hall–Kier alpha value is -2.87. The Labute approximate surface area is 169 Å². The summed E-state index contributed by atoms with van der Waals surface area (Å²) >= 11 is 0. The zero-order valence-electron chi connectivity index (χ0n) is 17.2. The van der Waals surface area contributed by atoms with Gasteiger partial charge in [-0.2, -0.15) is 0 Å². The number of carbonyl (C=O) groups is 2. The van der Waals surface area contributed by atoms with Gasteiger partial charge >= 0.3 is 11.6 Å². The van der Waals surface area contributed by atoms with Gasteiger partial charge in [0.25, 0.3) is 5.91 Å². The molecular weight excluding hydrogens is 374 g/mol. The summed E-state index contributed by atoms with van der Waals surface area (Å²) in [5.74, 6) is -1.38. The maximum Gasteiger partial charge on any atom is 0.349 e. The number of rotatable bonds is 11. The lowest BCUT2D eigenvalue weighted by Gasteiger charge is -2.21. The second-order valence-corrected chi connectivity index (χ2v) is 6.77. The van der Waals surface area contributed by atoms with Crippen LogP contribution in [-0.2, 0) is 4.79 Å². The van der Waals surface area contributed by atoms with Crippen molar-refractivity contribution in [2.75, 3.05) is 31.6 Å². The summed E-state index contributed by atoms with van der Waals surface area (Å²) in [6.45, 7) is 6.14. The fourth-order valence-corrected chi connectivity index (χ4v) is 3.21. The summed E-state index contributed by atoms with van der Waals surface area (Å²) in [6, 6.07) is 6.54. The predicted molar refractivity (Wildman–Crippen MR) is 113 cm³/mol. The molecule has 0 bridgehead atoms. The van der Waals surface area contributed by atoms with Crippen LogP contribution < -0.4 is 21.2 Å². The summed E-state index contributed by atoms with van der Waals surface area (Å²) in [6.07, 6.45) is 1.72. The number of hydrogen-bond acceptors (Lipinski definition) is 6. The molecule has 8 heteroatoms. The fraction of sp³-hybridized carbons (Fsp3) is 0.476. The minimum Gasteiger partial charge on any atom is -0.480 e. The van der Waals surface area contributed by atoms with Crippen molar-refractivity contribution in [2.24, 2.45) is 0 Å². The number of carbonyl (C=O) groups excluding carboxylic acids is 1. The summed E-state index contributed by atoms with van der Waals surface area (Å²) in [4.78, 5) is 37.7. The Morgan fingerprint density at radius 1 is 1.17 bits per heavy atom. The highest BCUT2D eigenvalue weighted by Crippen LogP contribution is 2.22. The van der Waals surface area contributed by atoms with Gasteiger partial charge in [-0.3, -0.25) is 9.59 Å². The Morgan fingerprint density at radius 3 is 2.52 bits per heavy atom. The number of aliphatic carboxylic acids is 1. The van der Waals surface area contributed by atoms with E-state index in [1.807, 2.05) is 18.2 Å². The van der Waals surface area contributed by atoms with Crippen LogP contribution in [0.15, 0.2) is 33.5 Å². The van der Waals surface area contributed by atoms with E-state index in [1.54, 1.807) is 13.1 Å². The molecule has 1 aromatic heterocycles. The van der Waals surface area contributed by atoms with Gasteiger partial charge in [-0.1, -0.05) is 0 Å². The van der Waals surface area contributed by atoms with E-state index in [0.29, 0.717) is 36.8 Å². The third kappa shape index (κ3) is 5.80. The summed E-state index contributed by atoms with van der Waals surface area (Å²) in [5, 5.41) is 15.1. The van der Waals surface area contributed by atoms with Gasteiger partial charge in [0.15, 0.2) is 0 Å². The fourth-order valence-electron chi connectivity index (χ4n) is 3.21. The van der Waals surface area contributed by atoms with E-state index >= 15 is 0 Å². The molecule has 0 aliphatic rings. The van der Waals surface area contributed by atoms with E-state index in [1.165, 1.54) is 0 Å². The molecule has 0 saturated heterocycles. The Morgan fingerprint density at radius 2 is 1.90 bits per heavy atom. The maximum atomic E-state index is 12.4. The van der Waals surface area contributed by atoms with E-state index in [2.05, 4.69) is 29.4 Å². The van der Waals surface area contributed by atoms with Crippen LogP contribution in [0.25, 0.3) is 11.0 Å². The average molecular weight is 403 g/mol. The van der Waals surface area contributed by atoms with E-state index in [-0.39, 0.29) is 5.56 Å². The molecular formula is C21H29N3O5. The number of anilines is 1. The molecule has 0 saturated carbocycles. The van der Waals surface area contributed by atoms with Gasteiger partial charge in [-0.05, 0) is 58.4 Å². The van der Waals surface area contributed by atoms with Crippen LogP contribution >= 0.6 is 0 Å². The molecule has 1 atom stereocenters. The van der Waals surface area contributed by atoms with Gasteiger partial charge in [-0.25, -0.2) is 4.79 Å². The molecule has 0 aliphatic heterocycles. The van der Waals surface area contributed by atoms with Crippen molar-refractivity contribution in [3.05, 3.63) is 40.2 Å². The van der Waals surface area contributed by atoms with Crippen molar-refractivity contribution in [3.63, 3.8) is 0 Å². The maximum absolute atomic E-state index is 12.4. The SMILES string of the molecule is CCN(CC)c1ccc2cc(C(=O)NCCCCC(NC)C(=O)O)c(=O)oc2c1. The first-order valence-electron chi connectivity index (χ1n) is 9.92. The van der Waals surface area contributed by atoms with Crippen molar-refractivity contribution < 1.29 is 19.1 Å². The number of carboxylic acid groups (broad SMARTS) is 1. The molecule has 158 valence electrons. The number of fused-ring (bicyclic) bond motifs is 1. The van der Waals surface area contributed by atoms with Gasteiger partial charge in [0.05, 0.1) is 0 Å². The number of benzene rings is 1. The zero-order valence-corrected chi connectivity index (χ0v) is 17.2. The molecule has 29 heavy (non-hydrogen) atoms. The van der Waals surface area contributed by atoms with Crippen molar-refractivity contribution in [3.8, 4) is 0 Å². The van der Waals surface area contributed by atoms with Crippen LogP contribution in [0.5, 0.6) is 0 Å². The third-order valence-corrected chi connectivity index (χ3v) is 4.94. The lowest BCUT2D eigenvalue weighted by Crippen LogP contribution is -2.34. The lowest BCUT2D eigenvalue weighted by molar-refractivity contribution is -0.139. The second-order valence-electron chi connectivity index (χ2n) is 6.77. The van der Waals surface area contributed by atoms with E-state index in [9.17, 15) is 14.4 Å². The normalized spacial score (nSPS) is 12.0. The predicted octanol–water partition coefficient (Wildman–Crippen LogP) is 2.21. The largest absolute Gasteiger partial charge is 0.480 e. The number of likely N-dealkylation sites (N-methyl/N-ethyl adjacent to an activating group) is 1. The van der Waals surface area contributed by atoms with Crippen molar-refractivity contribution in [1.82, 2.24) is 10.6 Å². The monoisotopic (exact) mass is 403 g/mol. The minimum absolute atomic E-state index is 0.0354. The molecule has 0 radical (unpaired) electrons. The molecule has 1 heterocycles. The molecule has 1 unspecified atom stereocenters. The van der Waals surface area contributed by atoms with Crippen molar-refractivity contribution in [2.45, 2.75) is 39.2 Å². The molecule has 0 aliphatic carbocycles. The standard InChI is InChI=1S/C21H29N3O5/c1-4-24(5-2)15-10-9-14-12-16(21(28)29-18(14)13-15)19(25)23-11-7-6-8-17(22-3)20(26)27/h9-10,12-13,17,22H,4-8,11H2,1-3H3,(H,23,25)(H,26,27). The molecule has 2 rings (SSSR count). The highest BCUT2D eigenvalue weighted by atomic mass is 16.4. The molecule has 0 fully saturated rings. The minimum atomic E-state index is -0.894. The first-order chi connectivity index (χ1) is 13.9. The molecule has 8 nitrogen and oxygen atoms in total. The van der Waals surface area contributed by atoms with Gasteiger partial charge in [0.2, 0.25) is 0 Å². The number of nitrogens with one attached hydrogen (secondary N) is 2. The number of carboxylic acids is 1. The summed E-state index contributed by atoms with van der Waals surface area (Å²) < 4.78 is 5.38. The third-order valence-electron chi connectivity index (χ3n) is 4.94. The van der Waals surface area contributed by atoms with E-state index < -0.39 is 23.5 Å². The second kappa shape index (κ2) is 10.6. The van der Waals surface area contributed by atoms with Crippen molar-refractivity contribution >= 4 is 28.5 Å². The highest BCUT2D eigenvalue weighted by Gasteiger charge is 2.16. The Kier molecular flexibility index (Phi) is 8.21. The van der Waals surface area contributed by atoms with Crippen LogP contribution in [-0.4, -0.2) is 49.7 Å². The van der Waals surface area contributed by atoms with Crippen molar-refractivity contribution in [1.29, 1.82) is 0 Å². The highest BCUT2D eigenvalue weighted by molar-refractivity contribution is 5.96. The van der Waals surface area contributed by atoms with Crippen LogP contribution in [0, 0.1) is 0 Å². The van der Waals surface area contributed by atoms with Gasteiger partial charge in [0, 0.05) is 36.8 Å². The topological polar surface area (TPSA) is 112 Å². The zero-order chi connectivity index (χ0) is 21.4. The molecule has 3 N–H and O–H groups in total. The molecule has 2 aromatic rings. The number of hydrogen-bond donors (Lipinski definition) is 3. The van der Waals surface area contributed by atoms with Gasteiger partial charge in [-0.15, -0.1) is 0 Å². The molecule has 0 spiro atoms. The van der Waals surface area contributed by atoms with E-state index in [4.69, 9.17) is 9.52 Å². The first kappa shape index (κ1) is 22.4. The van der Waals surface area contributed by atoms with Crippen LogP contribution in [0.4, 0.5) is 5.69 Å². The van der Waals surface area contributed by atoms with E-state index in [0.717, 1.165) is 18.8 Å². The molecule has 1 aromatic carbocycles. The number of unbranched alkanes of at least 4 members (excludes halogenated alkanes) is 1. The first-order valence-corrected chi connectivity index (χ1v) is 9.92. The smallest absolute Gasteiger partial charge is 0.349 e. The summed E-state index contributed by atoms with van der Waals surface area (Å²) in [5.41, 5.74) is 0.700. The number of nitrogens with zero attached hydrogens (tertiary/aromatic N) is 1. The van der Waals surface area contributed by atoms with Crippen LogP contribution in [0.3, 0.4) is 0 Å². The Bertz CT molecular complexity index is 905. The number of amides is 1. The van der Waals surface area contributed by atoms with Gasteiger partial charge in [0.1, 0.15) is 17.2 Å². The average Bonchev–Trinajstić information content (AvgIpc) is 2.70. The van der Waals surface area contributed by atoms with Crippen LogP contribution in [0.2, 0.25) is 0 Å². The Balaban J connectivity index is 2.01. The van der Waals surface area contributed by atoms with Gasteiger partial charge < -0.3 is 25.1 Å². The quantitative estimate of drug-likeness (QED) is 0.389. The summed E-state index contributed by atoms with van der Waals surface area (Å²) in [7, 11) is 1.60. The lowest BCUT2D eigenvalue weighted by atomic mass is 10.1. The van der Waals surface area contributed by atoms with Crippen LogP contribution in [0.1, 0.15) is 43.5 Å². The molecule has 1 amide bonds.